The van der Waals surface area contributed by atoms with Crippen molar-refractivity contribution in [2.45, 2.75) is 51.8 Å². The van der Waals surface area contributed by atoms with Gasteiger partial charge in [0.25, 0.3) is 0 Å². The number of hydrogen-bond donors (Lipinski definition) is 1. The average molecular weight is 667 g/mol. The third-order valence-electron chi connectivity index (χ3n) is 7.78. The van der Waals surface area contributed by atoms with Crippen LogP contribution in [0.4, 0.5) is 23.7 Å². The van der Waals surface area contributed by atoms with Crippen LogP contribution in [-0.2, 0) is 0 Å². The van der Waals surface area contributed by atoms with E-state index in [1.165, 1.54) is 35.3 Å². The number of amides is 2. The number of anilines is 1. The maximum Gasteiger partial charge on any atom is 0.573 e. The summed E-state index contributed by atoms with van der Waals surface area (Å²) in [6, 6.07) is 19.1. The van der Waals surface area contributed by atoms with Gasteiger partial charge in [0, 0.05) is 30.1 Å². The molecule has 0 radical (unpaired) electrons. The van der Waals surface area contributed by atoms with Crippen molar-refractivity contribution in [1.82, 2.24) is 20.1 Å². The molecule has 5 rings (SSSR count). The highest BCUT2D eigenvalue weighted by Gasteiger charge is 2.31. The van der Waals surface area contributed by atoms with Crippen LogP contribution < -0.4 is 19.7 Å². The summed E-state index contributed by atoms with van der Waals surface area (Å²) in [4.78, 5) is 23.6. The molecule has 0 bridgehead atoms. The normalized spacial score (nSPS) is 14.9. The van der Waals surface area contributed by atoms with Crippen molar-refractivity contribution in [1.29, 1.82) is 0 Å². The van der Waals surface area contributed by atoms with Crippen molar-refractivity contribution >= 4 is 28.6 Å². The van der Waals surface area contributed by atoms with Crippen molar-refractivity contribution in [3.63, 3.8) is 0 Å². The molecule has 1 aliphatic heterocycles. The average Bonchev–Trinajstić information content (AvgIpc) is 3.73. The summed E-state index contributed by atoms with van der Waals surface area (Å²) in [5.74, 6) is 2.42. The van der Waals surface area contributed by atoms with E-state index in [0.717, 1.165) is 53.3 Å². The van der Waals surface area contributed by atoms with E-state index in [9.17, 15) is 18.0 Å². The number of carbonyl (C=O) groups is 1. The molecule has 3 aromatic carbocycles. The molecule has 0 saturated carbocycles. The third kappa shape index (κ3) is 8.85. The third-order valence-corrected chi connectivity index (χ3v) is 8.73. The number of hydrogen-bond acceptors (Lipinski definition) is 6. The summed E-state index contributed by atoms with van der Waals surface area (Å²) in [6.07, 6.45) is -1.56. The van der Waals surface area contributed by atoms with Crippen molar-refractivity contribution in [3.8, 4) is 28.6 Å². The van der Waals surface area contributed by atoms with E-state index in [1.54, 1.807) is 18.9 Å². The lowest BCUT2D eigenvalue weighted by Crippen LogP contribution is -2.29. The molecule has 1 atom stereocenters. The molecule has 9 nitrogen and oxygen atoms in total. The second kappa shape index (κ2) is 14.9. The van der Waals surface area contributed by atoms with Gasteiger partial charge in [0.1, 0.15) is 17.8 Å². The fraction of sp³-hybridized carbons (Fsp3) is 0.353. The number of nitrogens with zero attached hydrogens (tertiary/aromatic N) is 5. The molecule has 0 aliphatic carbocycles. The van der Waals surface area contributed by atoms with Crippen LogP contribution in [0.5, 0.6) is 11.5 Å². The Morgan fingerprint density at radius 1 is 1.04 bits per heavy atom. The Balaban J connectivity index is 1.11. The van der Waals surface area contributed by atoms with E-state index in [2.05, 4.69) is 50.8 Å². The van der Waals surface area contributed by atoms with Gasteiger partial charge in [0.2, 0.25) is 0 Å². The topological polar surface area (TPSA) is 93.9 Å². The first-order valence-electron chi connectivity index (χ1n) is 15.3. The van der Waals surface area contributed by atoms with E-state index in [-0.39, 0.29) is 17.7 Å². The van der Waals surface area contributed by atoms with E-state index in [1.807, 2.05) is 42.5 Å². The van der Waals surface area contributed by atoms with Gasteiger partial charge in [-0.25, -0.2) is 14.5 Å². The lowest BCUT2D eigenvalue weighted by molar-refractivity contribution is -0.274. The number of carbonyl (C=O) groups excluding carboxylic acids is 1. The number of nitrogens with one attached hydrogen (secondary N) is 1. The van der Waals surface area contributed by atoms with Crippen molar-refractivity contribution in [2.75, 3.05) is 30.9 Å². The van der Waals surface area contributed by atoms with Crippen molar-refractivity contribution in [3.05, 3.63) is 84.2 Å². The standard InChI is InChI=1S/C34H37F3N6O3S/c1-22(2)29-20-28(45-4)15-16-30(29)42-18-19-47-33(42)40-32(44)38-17-5-6-23(3)24-7-9-25(10-8-24)31-39-21-43(41-31)26-11-13-27(14-12-26)46-34(35,36)37/h7-16,20-23H,5-6,17-19H2,1-4H3,(H,38,44). The molecule has 1 saturated heterocycles. The molecule has 1 aliphatic rings. The largest absolute Gasteiger partial charge is 0.573 e. The SMILES string of the molecule is COc1ccc(N2CCSC2=NC(=O)NCCCC(C)c2ccc(-c3ncn(-c4ccc(OC(F)(F)F)cc4)n3)cc2)c(C(C)C)c1. The minimum absolute atomic E-state index is 0.264. The molecule has 0 spiro atoms. The summed E-state index contributed by atoms with van der Waals surface area (Å²) >= 11 is 1.58. The number of rotatable bonds is 11. The maximum atomic E-state index is 12.7. The number of aromatic nitrogens is 3. The number of aliphatic imine (C=N–C) groups is 1. The predicted molar refractivity (Wildman–Crippen MR) is 179 cm³/mol. The van der Waals surface area contributed by atoms with Gasteiger partial charge < -0.3 is 19.7 Å². The lowest BCUT2D eigenvalue weighted by Gasteiger charge is -2.23. The Bertz CT molecular complexity index is 1690. The number of benzene rings is 3. The van der Waals surface area contributed by atoms with Crippen LogP contribution in [0, 0.1) is 0 Å². The van der Waals surface area contributed by atoms with Gasteiger partial charge in [0.15, 0.2) is 11.0 Å². The summed E-state index contributed by atoms with van der Waals surface area (Å²) in [6.45, 7) is 7.73. The molecule has 1 N–H and O–H groups in total. The number of urea groups is 1. The number of amidine groups is 1. The van der Waals surface area contributed by atoms with Crippen LogP contribution in [0.1, 0.15) is 56.6 Å². The number of alkyl halides is 3. The van der Waals surface area contributed by atoms with Gasteiger partial charge in [-0.3, -0.25) is 0 Å². The van der Waals surface area contributed by atoms with Gasteiger partial charge in [0.05, 0.1) is 12.8 Å². The Morgan fingerprint density at radius 2 is 1.77 bits per heavy atom. The van der Waals surface area contributed by atoms with Crippen LogP contribution in [0.2, 0.25) is 0 Å². The number of methoxy groups -OCH3 is 1. The summed E-state index contributed by atoms with van der Waals surface area (Å²) in [7, 11) is 1.66. The van der Waals surface area contributed by atoms with Crippen LogP contribution in [0.15, 0.2) is 78.0 Å². The van der Waals surface area contributed by atoms with E-state index in [4.69, 9.17) is 4.74 Å². The molecule has 248 valence electrons. The highest BCUT2D eigenvalue weighted by Crippen LogP contribution is 2.35. The predicted octanol–water partition coefficient (Wildman–Crippen LogP) is 8.17. The van der Waals surface area contributed by atoms with E-state index in [0.29, 0.717) is 29.1 Å². The first-order chi connectivity index (χ1) is 22.5. The maximum absolute atomic E-state index is 12.7. The van der Waals surface area contributed by atoms with Crippen LogP contribution in [-0.4, -0.2) is 58.3 Å². The van der Waals surface area contributed by atoms with Gasteiger partial charge in [-0.15, -0.1) is 18.3 Å². The van der Waals surface area contributed by atoms with Gasteiger partial charge in [-0.05, 0) is 78.3 Å². The number of halogens is 3. The first-order valence-corrected chi connectivity index (χ1v) is 16.3. The summed E-state index contributed by atoms with van der Waals surface area (Å²) in [5.41, 5.74) is 4.73. The Kier molecular flexibility index (Phi) is 10.7. The zero-order valence-corrected chi connectivity index (χ0v) is 27.4. The Morgan fingerprint density at radius 3 is 2.45 bits per heavy atom. The molecule has 47 heavy (non-hydrogen) atoms. The molecule has 1 fully saturated rings. The van der Waals surface area contributed by atoms with Crippen LogP contribution in [0.3, 0.4) is 0 Å². The van der Waals surface area contributed by atoms with Crippen molar-refractivity contribution < 1.29 is 27.4 Å². The highest BCUT2D eigenvalue weighted by molar-refractivity contribution is 8.14. The quantitative estimate of drug-likeness (QED) is 0.162. The summed E-state index contributed by atoms with van der Waals surface area (Å²) < 4.78 is 48.1. The Labute approximate surface area is 276 Å². The molecule has 1 unspecified atom stereocenters. The van der Waals surface area contributed by atoms with E-state index >= 15 is 0 Å². The van der Waals surface area contributed by atoms with Crippen molar-refractivity contribution in [2.24, 2.45) is 4.99 Å². The van der Waals surface area contributed by atoms with E-state index < -0.39 is 6.36 Å². The molecule has 2 heterocycles. The minimum Gasteiger partial charge on any atom is -0.497 e. The fourth-order valence-corrected chi connectivity index (χ4v) is 6.21. The molecular weight excluding hydrogens is 629 g/mol. The van der Waals surface area contributed by atoms with Gasteiger partial charge >= 0.3 is 12.4 Å². The zero-order chi connectivity index (χ0) is 33.6. The first kappa shape index (κ1) is 33.8. The molecular formula is C34H37F3N6O3S. The Hall–Kier alpha value is -4.52. The van der Waals surface area contributed by atoms with Gasteiger partial charge in [-0.2, -0.15) is 4.99 Å². The fourth-order valence-electron chi connectivity index (χ4n) is 5.26. The monoisotopic (exact) mass is 666 g/mol. The molecule has 13 heteroatoms. The molecule has 1 aromatic heterocycles. The smallest absolute Gasteiger partial charge is 0.497 e. The summed E-state index contributed by atoms with van der Waals surface area (Å²) in [5, 5.41) is 8.11. The van der Waals surface area contributed by atoms with Crippen LogP contribution >= 0.6 is 11.8 Å². The van der Waals surface area contributed by atoms with Gasteiger partial charge in [-0.1, -0.05) is 56.8 Å². The molecule has 2 amide bonds. The number of thioether (sulfide) groups is 1. The second-order valence-electron chi connectivity index (χ2n) is 11.4. The number of ether oxygens (including phenoxy) is 2. The van der Waals surface area contributed by atoms with Crippen LogP contribution in [0.25, 0.3) is 17.1 Å². The highest BCUT2D eigenvalue weighted by atomic mass is 32.2. The molecule has 4 aromatic rings. The lowest BCUT2D eigenvalue weighted by atomic mass is 9.95. The second-order valence-corrected chi connectivity index (χ2v) is 12.5. The minimum atomic E-state index is -4.74. The zero-order valence-electron chi connectivity index (χ0n) is 26.6.